The normalized spacial score (nSPS) is 15.0. The Kier molecular flexibility index (Phi) is 5.36. The van der Waals surface area contributed by atoms with Gasteiger partial charge in [0, 0.05) is 48.2 Å². The SMILES string of the molecule is CCCCc1cc(C2=C(Cl)CCN(C(=O)c3ccccc3)C2)no1. The van der Waals surface area contributed by atoms with Crippen molar-refractivity contribution in [3.8, 4) is 0 Å². The summed E-state index contributed by atoms with van der Waals surface area (Å²) in [5, 5.41) is 4.92. The quantitative estimate of drug-likeness (QED) is 0.801. The third kappa shape index (κ3) is 3.70. The summed E-state index contributed by atoms with van der Waals surface area (Å²) in [5.41, 5.74) is 2.33. The zero-order valence-corrected chi connectivity index (χ0v) is 14.6. The molecule has 0 atom stereocenters. The number of nitrogens with zero attached hydrogens (tertiary/aromatic N) is 2. The van der Waals surface area contributed by atoms with Crippen molar-refractivity contribution < 1.29 is 9.32 Å². The maximum Gasteiger partial charge on any atom is 0.254 e. The van der Waals surface area contributed by atoms with Crippen molar-refractivity contribution in [2.75, 3.05) is 13.1 Å². The zero-order chi connectivity index (χ0) is 16.9. The molecular formula is C19H21ClN2O2. The summed E-state index contributed by atoms with van der Waals surface area (Å²) in [6.07, 6.45) is 3.70. The van der Waals surface area contributed by atoms with E-state index in [9.17, 15) is 4.79 Å². The Balaban J connectivity index is 1.76. The summed E-state index contributed by atoms with van der Waals surface area (Å²) in [6.45, 7) is 3.23. The summed E-state index contributed by atoms with van der Waals surface area (Å²) in [7, 11) is 0. The van der Waals surface area contributed by atoms with Crippen molar-refractivity contribution in [3.63, 3.8) is 0 Å². The molecule has 1 aliphatic heterocycles. The van der Waals surface area contributed by atoms with Gasteiger partial charge in [-0.1, -0.05) is 48.3 Å². The van der Waals surface area contributed by atoms with Crippen molar-refractivity contribution in [2.24, 2.45) is 0 Å². The topological polar surface area (TPSA) is 46.3 Å². The fourth-order valence-corrected chi connectivity index (χ4v) is 3.06. The number of carbonyl (C=O) groups is 1. The Hall–Kier alpha value is -2.07. The molecule has 4 nitrogen and oxygen atoms in total. The minimum atomic E-state index is 0.0203. The molecule has 0 saturated carbocycles. The lowest BCUT2D eigenvalue weighted by molar-refractivity contribution is 0.0774. The minimum Gasteiger partial charge on any atom is -0.361 e. The minimum absolute atomic E-state index is 0.0203. The van der Waals surface area contributed by atoms with Gasteiger partial charge in [-0.3, -0.25) is 4.79 Å². The molecule has 0 bridgehead atoms. The highest BCUT2D eigenvalue weighted by Gasteiger charge is 2.25. The van der Waals surface area contributed by atoms with Gasteiger partial charge in [-0.2, -0.15) is 0 Å². The van der Waals surface area contributed by atoms with Gasteiger partial charge < -0.3 is 9.42 Å². The second kappa shape index (κ2) is 7.67. The number of aryl methyl sites for hydroxylation is 1. The van der Waals surface area contributed by atoms with Crippen molar-refractivity contribution in [2.45, 2.75) is 32.6 Å². The number of halogens is 1. The van der Waals surface area contributed by atoms with E-state index >= 15 is 0 Å². The summed E-state index contributed by atoms with van der Waals surface area (Å²) in [5.74, 6) is 0.891. The fraction of sp³-hybridized carbons (Fsp3) is 0.368. The highest BCUT2D eigenvalue weighted by atomic mass is 35.5. The fourth-order valence-electron chi connectivity index (χ4n) is 2.82. The van der Waals surface area contributed by atoms with Crippen LogP contribution in [-0.4, -0.2) is 29.1 Å². The molecule has 0 radical (unpaired) electrons. The number of amides is 1. The van der Waals surface area contributed by atoms with Crippen molar-refractivity contribution in [1.82, 2.24) is 10.1 Å². The first-order valence-electron chi connectivity index (χ1n) is 8.37. The Bertz CT molecular complexity index is 737. The molecule has 0 spiro atoms. The molecule has 0 N–H and O–H groups in total. The van der Waals surface area contributed by atoms with Crippen molar-refractivity contribution in [1.29, 1.82) is 0 Å². The van der Waals surface area contributed by atoms with Crippen LogP contribution >= 0.6 is 11.6 Å². The maximum absolute atomic E-state index is 12.6. The van der Waals surface area contributed by atoms with Crippen LogP contribution < -0.4 is 0 Å². The van der Waals surface area contributed by atoms with Gasteiger partial charge >= 0.3 is 0 Å². The standard InChI is InChI=1S/C19H21ClN2O2/c1-2-3-9-15-12-18(21-24-15)16-13-22(11-10-17(16)20)19(23)14-7-5-4-6-8-14/h4-8,12H,2-3,9-11,13H2,1H3. The molecule has 2 heterocycles. The molecule has 1 aromatic carbocycles. The average molecular weight is 345 g/mol. The Morgan fingerprint density at radius 3 is 2.88 bits per heavy atom. The van der Waals surface area contributed by atoms with Crippen LogP contribution in [0.2, 0.25) is 0 Å². The van der Waals surface area contributed by atoms with Crippen molar-refractivity contribution >= 4 is 23.1 Å². The van der Waals surface area contributed by atoms with E-state index in [1.807, 2.05) is 41.3 Å². The average Bonchev–Trinajstić information content (AvgIpc) is 3.09. The summed E-state index contributed by atoms with van der Waals surface area (Å²) >= 11 is 6.41. The lowest BCUT2D eigenvalue weighted by atomic mass is 10.0. The largest absolute Gasteiger partial charge is 0.361 e. The van der Waals surface area contributed by atoms with Crippen LogP contribution in [0.5, 0.6) is 0 Å². The van der Waals surface area contributed by atoms with E-state index in [4.69, 9.17) is 16.1 Å². The van der Waals surface area contributed by atoms with Crippen LogP contribution in [-0.2, 0) is 6.42 Å². The second-order valence-corrected chi connectivity index (χ2v) is 6.46. The molecule has 2 aromatic rings. The second-order valence-electron chi connectivity index (χ2n) is 6.01. The highest BCUT2D eigenvalue weighted by molar-refractivity contribution is 6.32. The third-order valence-electron chi connectivity index (χ3n) is 4.23. The van der Waals surface area contributed by atoms with Crippen LogP contribution in [0.3, 0.4) is 0 Å². The Labute approximate surface area is 147 Å². The first-order valence-corrected chi connectivity index (χ1v) is 8.74. The van der Waals surface area contributed by atoms with Gasteiger partial charge in [-0.25, -0.2) is 0 Å². The molecule has 126 valence electrons. The van der Waals surface area contributed by atoms with Crippen LogP contribution in [0.1, 0.15) is 48.0 Å². The van der Waals surface area contributed by atoms with Crippen LogP contribution in [0.25, 0.3) is 5.57 Å². The predicted octanol–water partition coefficient (Wildman–Crippen LogP) is 4.51. The summed E-state index contributed by atoms with van der Waals surface area (Å²) in [4.78, 5) is 14.5. The number of hydrogen-bond acceptors (Lipinski definition) is 3. The van der Waals surface area contributed by atoms with Gasteiger partial charge in [0.15, 0.2) is 0 Å². The molecule has 1 amide bonds. The number of aromatic nitrogens is 1. The van der Waals surface area contributed by atoms with Crippen molar-refractivity contribution in [3.05, 3.63) is 58.4 Å². The van der Waals surface area contributed by atoms with E-state index in [1.54, 1.807) is 0 Å². The van der Waals surface area contributed by atoms with Gasteiger partial charge in [0.05, 0.1) is 0 Å². The van der Waals surface area contributed by atoms with Gasteiger partial charge in [0.2, 0.25) is 0 Å². The third-order valence-corrected chi connectivity index (χ3v) is 4.65. The first-order chi connectivity index (χ1) is 11.7. The molecule has 5 heteroatoms. The molecule has 24 heavy (non-hydrogen) atoms. The lowest BCUT2D eigenvalue weighted by Crippen LogP contribution is -2.36. The van der Waals surface area contributed by atoms with E-state index < -0.39 is 0 Å². The van der Waals surface area contributed by atoms with Gasteiger partial charge in [0.1, 0.15) is 11.5 Å². The number of hydrogen-bond donors (Lipinski definition) is 0. The number of unbranched alkanes of at least 4 members (excludes halogenated alkanes) is 1. The van der Waals surface area contributed by atoms with E-state index in [0.717, 1.165) is 41.3 Å². The molecule has 1 aromatic heterocycles. The number of benzene rings is 1. The van der Waals surface area contributed by atoms with Crippen LogP contribution in [0.4, 0.5) is 0 Å². The van der Waals surface area contributed by atoms with E-state index in [0.29, 0.717) is 25.1 Å². The van der Waals surface area contributed by atoms with E-state index in [1.165, 1.54) is 0 Å². The molecule has 1 aliphatic rings. The maximum atomic E-state index is 12.6. The first kappa shape index (κ1) is 16.8. The molecule has 0 saturated heterocycles. The summed E-state index contributed by atoms with van der Waals surface area (Å²) < 4.78 is 5.40. The lowest BCUT2D eigenvalue weighted by Gasteiger charge is -2.28. The van der Waals surface area contributed by atoms with Gasteiger partial charge in [0.25, 0.3) is 5.91 Å². The smallest absolute Gasteiger partial charge is 0.254 e. The van der Waals surface area contributed by atoms with Crippen LogP contribution in [0.15, 0.2) is 46.0 Å². The molecule has 0 fully saturated rings. The van der Waals surface area contributed by atoms with E-state index in [2.05, 4.69) is 12.1 Å². The van der Waals surface area contributed by atoms with Gasteiger partial charge in [-0.15, -0.1) is 0 Å². The highest BCUT2D eigenvalue weighted by Crippen LogP contribution is 2.30. The van der Waals surface area contributed by atoms with E-state index in [-0.39, 0.29) is 5.91 Å². The molecule has 0 unspecified atom stereocenters. The number of rotatable bonds is 5. The Morgan fingerprint density at radius 2 is 2.12 bits per heavy atom. The zero-order valence-electron chi connectivity index (χ0n) is 13.8. The van der Waals surface area contributed by atoms with Crippen LogP contribution in [0, 0.1) is 0 Å². The predicted molar refractivity (Wildman–Crippen MR) is 94.9 cm³/mol. The molecule has 0 aliphatic carbocycles. The molecular weight excluding hydrogens is 324 g/mol. The van der Waals surface area contributed by atoms with Gasteiger partial charge in [-0.05, 0) is 18.6 Å². The number of carbonyl (C=O) groups excluding carboxylic acids is 1. The monoisotopic (exact) mass is 344 g/mol. The summed E-state index contributed by atoms with van der Waals surface area (Å²) in [6, 6.07) is 11.3. The molecule has 3 rings (SSSR count). The Morgan fingerprint density at radius 1 is 1.33 bits per heavy atom.